The van der Waals surface area contributed by atoms with Gasteiger partial charge in [0.15, 0.2) is 0 Å². The average Bonchev–Trinajstić information content (AvgIpc) is 3.12. The summed E-state index contributed by atoms with van der Waals surface area (Å²) in [5.41, 5.74) is 3.82. The Balaban J connectivity index is 1.37. The maximum atomic E-state index is 12.8. The molecule has 1 aliphatic rings. The van der Waals surface area contributed by atoms with Crippen LogP contribution in [0.3, 0.4) is 0 Å². The molecule has 0 spiro atoms. The highest BCUT2D eigenvalue weighted by atomic mass is 35.5. The Morgan fingerprint density at radius 1 is 1.11 bits per heavy atom. The van der Waals surface area contributed by atoms with Crippen molar-refractivity contribution < 1.29 is 4.79 Å². The SMILES string of the molecule is O=C(c1cnc(NCCc2cccc(Cl)c2)nc1)N1CCc2ccccc21. The molecule has 2 aromatic carbocycles. The summed E-state index contributed by atoms with van der Waals surface area (Å²) in [7, 11) is 0. The second-order valence-corrected chi connectivity index (χ2v) is 6.87. The molecule has 0 radical (unpaired) electrons. The third-order valence-electron chi connectivity index (χ3n) is 4.62. The van der Waals surface area contributed by atoms with Crippen LogP contribution in [0.15, 0.2) is 60.9 Å². The van der Waals surface area contributed by atoms with Gasteiger partial charge in [-0.2, -0.15) is 0 Å². The molecule has 1 amide bonds. The van der Waals surface area contributed by atoms with E-state index in [1.54, 1.807) is 17.3 Å². The fourth-order valence-corrected chi connectivity index (χ4v) is 3.46. The predicted molar refractivity (Wildman–Crippen MR) is 108 cm³/mol. The summed E-state index contributed by atoms with van der Waals surface area (Å²) in [6.45, 7) is 1.38. The maximum absolute atomic E-state index is 12.8. The van der Waals surface area contributed by atoms with Gasteiger partial charge in [-0.15, -0.1) is 0 Å². The van der Waals surface area contributed by atoms with E-state index in [0.717, 1.165) is 29.1 Å². The average molecular weight is 379 g/mol. The number of fused-ring (bicyclic) bond motifs is 1. The lowest BCUT2D eigenvalue weighted by Crippen LogP contribution is -2.29. The number of nitrogens with zero attached hydrogens (tertiary/aromatic N) is 3. The third kappa shape index (κ3) is 3.93. The second-order valence-electron chi connectivity index (χ2n) is 6.44. The molecule has 2 heterocycles. The van der Waals surface area contributed by atoms with Crippen LogP contribution < -0.4 is 10.2 Å². The van der Waals surface area contributed by atoms with E-state index in [-0.39, 0.29) is 5.91 Å². The quantitative estimate of drug-likeness (QED) is 0.729. The fraction of sp³-hybridized carbons (Fsp3) is 0.190. The van der Waals surface area contributed by atoms with Gasteiger partial charge in [-0.3, -0.25) is 4.79 Å². The van der Waals surface area contributed by atoms with E-state index in [4.69, 9.17) is 11.6 Å². The molecule has 0 atom stereocenters. The molecular formula is C21H19ClN4O. The number of hydrogen-bond acceptors (Lipinski definition) is 4. The molecule has 0 unspecified atom stereocenters. The molecule has 0 saturated heterocycles. The number of nitrogens with one attached hydrogen (secondary N) is 1. The van der Waals surface area contributed by atoms with Crippen LogP contribution in [-0.2, 0) is 12.8 Å². The van der Waals surface area contributed by atoms with Gasteiger partial charge in [-0.25, -0.2) is 9.97 Å². The van der Waals surface area contributed by atoms with Gasteiger partial charge in [-0.05, 0) is 42.2 Å². The van der Waals surface area contributed by atoms with E-state index in [2.05, 4.69) is 21.4 Å². The monoisotopic (exact) mass is 378 g/mol. The van der Waals surface area contributed by atoms with Gasteiger partial charge >= 0.3 is 0 Å². The number of benzene rings is 2. The molecule has 27 heavy (non-hydrogen) atoms. The zero-order valence-corrected chi connectivity index (χ0v) is 15.5. The van der Waals surface area contributed by atoms with Gasteiger partial charge in [-0.1, -0.05) is 41.9 Å². The molecule has 5 nitrogen and oxygen atoms in total. The minimum atomic E-state index is -0.0644. The lowest BCUT2D eigenvalue weighted by atomic mass is 10.1. The number of anilines is 2. The van der Waals surface area contributed by atoms with Crippen LogP contribution >= 0.6 is 11.6 Å². The molecule has 1 aliphatic heterocycles. The van der Waals surface area contributed by atoms with Crippen LogP contribution in [0.4, 0.5) is 11.6 Å². The Morgan fingerprint density at radius 2 is 1.93 bits per heavy atom. The van der Waals surface area contributed by atoms with Crippen LogP contribution in [0.2, 0.25) is 5.02 Å². The number of carbonyl (C=O) groups excluding carboxylic acids is 1. The number of aromatic nitrogens is 2. The zero-order valence-electron chi connectivity index (χ0n) is 14.7. The highest BCUT2D eigenvalue weighted by molar-refractivity contribution is 6.30. The third-order valence-corrected chi connectivity index (χ3v) is 4.85. The van der Waals surface area contributed by atoms with E-state index in [1.165, 1.54) is 5.56 Å². The Bertz CT molecular complexity index is 958. The molecule has 136 valence electrons. The normalized spacial score (nSPS) is 12.7. The number of para-hydroxylation sites is 1. The van der Waals surface area contributed by atoms with E-state index in [0.29, 0.717) is 24.6 Å². The molecule has 4 rings (SSSR count). The minimum Gasteiger partial charge on any atom is -0.354 e. The minimum absolute atomic E-state index is 0.0644. The van der Waals surface area contributed by atoms with Gasteiger partial charge in [0.05, 0.1) is 5.56 Å². The van der Waals surface area contributed by atoms with Gasteiger partial charge in [0.25, 0.3) is 5.91 Å². The van der Waals surface area contributed by atoms with Crippen molar-refractivity contribution in [3.63, 3.8) is 0 Å². The molecular weight excluding hydrogens is 360 g/mol. The van der Waals surface area contributed by atoms with Crippen LogP contribution in [0.1, 0.15) is 21.5 Å². The molecule has 0 saturated carbocycles. The van der Waals surface area contributed by atoms with E-state index in [9.17, 15) is 4.79 Å². The van der Waals surface area contributed by atoms with E-state index < -0.39 is 0 Å². The molecule has 6 heteroatoms. The topological polar surface area (TPSA) is 58.1 Å². The molecule has 1 N–H and O–H groups in total. The summed E-state index contributed by atoms with van der Waals surface area (Å²) in [5.74, 6) is 0.445. The fourth-order valence-electron chi connectivity index (χ4n) is 3.25. The van der Waals surface area contributed by atoms with Crippen molar-refractivity contribution in [2.24, 2.45) is 0 Å². The predicted octanol–water partition coefficient (Wildman–Crippen LogP) is 3.99. The van der Waals surface area contributed by atoms with Crippen molar-refractivity contribution in [2.75, 3.05) is 23.3 Å². The summed E-state index contributed by atoms with van der Waals surface area (Å²) < 4.78 is 0. The first-order valence-electron chi connectivity index (χ1n) is 8.91. The Morgan fingerprint density at radius 3 is 2.74 bits per heavy atom. The smallest absolute Gasteiger partial charge is 0.261 e. The van der Waals surface area contributed by atoms with Gasteiger partial charge in [0.1, 0.15) is 0 Å². The summed E-state index contributed by atoms with van der Waals surface area (Å²) >= 11 is 5.99. The number of amides is 1. The number of carbonyl (C=O) groups is 1. The Labute approximate surface area is 163 Å². The Kier molecular flexibility index (Phi) is 5.03. The standard InChI is InChI=1S/C21H19ClN4O/c22-18-6-3-4-15(12-18)8-10-23-21-24-13-17(14-25-21)20(27)26-11-9-16-5-1-2-7-19(16)26/h1-7,12-14H,8-11H2,(H,23,24,25). The molecule has 0 fully saturated rings. The van der Waals surface area contributed by atoms with Gasteiger partial charge in [0.2, 0.25) is 5.95 Å². The summed E-state index contributed by atoms with van der Waals surface area (Å²) in [6.07, 6.45) is 4.86. The maximum Gasteiger partial charge on any atom is 0.261 e. The highest BCUT2D eigenvalue weighted by Crippen LogP contribution is 2.28. The molecule has 3 aromatic rings. The first-order valence-corrected chi connectivity index (χ1v) is 9.28. The van der Waals surface area contributed by atoms with Crippen molar-refractivity contribution in [1.29, 1.82) is 0 Å². The van der Waals surface area contributed by atoms with Crippen molar-refractivity contribution in [3.05, 3.63) is 82.6 Å². The van der Waals surface area contributed by atoms with Gasteiger partial charge in [0, 0.05) is 36.2 Å². The van der Waals surface area contributed by atoms with E-state index >= 15 is 0 Å². The molecule has 0 aliphatic carbocycles. The lowest BCUT2D eigenvalue weighted by Gasteiger charge is -2.17. The number of halogens is 1. The van der Waals surface area contributed by atoms with Crippen LogP contribution in [0.5, 0.6) is 0 Å². The van der Waals surface area contributed by atoms with Crippen molar-refractivity contribution in [3.8, 4) is 0 Å². The van der Waals surface area contributed by atoms with Crippen LogP contribution in [0.25, 0.3) is 0 Å². The summed E-state index contributed by atoms with van der Waals surface area (Å²) in [4.78, 5) is 23.1. The Hall–Kier alpha value is -2.92. The lowest BCUT2D eigenvalue weighted by molar-refractivity contribution is 0.0988. The van der Waals surface area contributed by atoms with Crippen molar-refractivity contribution in [1.82, 2.24) is 9.97 Å². The second kappa shape index (κ2) is 7.76. The first kappa shape index (κ1) is 17.5. The van der Waals surface area contributed by atoms with Crippen LogP contribution in [0, 0.1) is 0 Å². The molecule has 1 aromatic heterocycles. The molecule has 0 bridgehead atoms. The first-order chi connectivity index (χ1) is 13.2. The zero-order chi connectivity index (χ0) is 18.6. The summed E-state index contributed by atoms with van der Waals surface area (Å²) in [5, 5.41) is 3.91. The van der Waals surface area contributed by atoms with Crippen molar-refractivity contribution >= 4 is 29.1 Å². The van der Waals surface area contributed by atoms with E-state index in [1.807, 2.05) is 42.5 Å². The van der Waals surface area contributed by atoms with Gasteiger partial charge < -0.3 is 10.2 Å². The summed E-state index contributed by atoms with van der Waals surface area (Å²) in [6, 6.07) is 15.8. The number of hydrogen-bond donors (Lipinski definition) is 1. The van der Waals surface area contributed by atoms with Crippen molar-refractivity contribution in [2.45, 2.75) is 12.8 Å². The number of rotatable bonds is 5. The van der Waals surface area contributed by atoms with Crippen LogP contribution in [-0.4, -0.2) is 29.0 Å². The highest BCUT2D eigenvalue weighted by Gasteiger charge is 2.25. The largest absolute Gasteiger partial charge is 0.354 e.